The van der Waals surface area contributed by atoms with Crippen LogP contribution in [0, 0.1) is 23.0 Å². The lowest BCUT2D eigenvalue weighted by Crippen LogP contribution is -2.28. The second-order valence-corrected chi connectivity index (χ2v) is 15.2. The third-order valence-electron chi connectivity index (χ3n) is 10.0. The first-order valence-electron chi connectivity index (χ1n) is 18.8. The third kappa shape index (κ3) is 8.52. The Hall–Kier alpha value is -5.12. The summed E-state index contributed by atoms with van der Waals surface area (Å²) in [5, 5.41) is 12.9. The fourth-order valence-corrected chi connectivity index (χ4v) is 8.66. The Balaban J connectivity index is 0.000000370. The zero-order chi connectivity index (χ0) is 41.9. The number of hydrogen-bond donors (Lipinski definition) is 2. The van der Waals surface area contributed by atoms with Gasteiger partial charge in [-0.3, -0.25) is 4.90 Å². The standard InChI is InChI=1S/C30H24F5N7O2S.C7H12FN.C3H8O/c1-13(2)39-28-16(11-36)18-15(6-7-17(31)25(18)45-28)19-21(30(33,34)35)24-20-23(22(19)32)40-29(43-3)41-27(20)42(9-10-44-24)12-14-5-4-8-38-26(14)37;8-6-4-7-2-1-3-9(7)5-6;1-3-4-2/h4-8,13,39H,9-10,12H2,1-3H3,(H2,37,38);6-7H,1-5H2;3H2,1-2H3. The SMILES string of the molecule is CCOC.COc1nc2c3c(c(C(F)(F)F)c(-c4ccc(F)c5sc(NC(C)C)c(C#N)c45)c(F)c3n1)OCCN2Cc1cccnc1N.FC1CC2CCCN2C1. The maximum atomic E-state index is 16.9. The molecule has 0 spiro atoms. The average Bonchev–Trinajstić information content (AvgIpc) is 3.85. The molecule has 18 heteroatoms. The number of hydrogen-bond acceptors (Lipinski definition) is 12. The fourth-order valence-electron chi connectivity index (χ4n) is 7.44. The lowest BCUT2D eigenvalue weighted by Gasteiger charge is -2.24. The molecule has 58 heavy (non-hydrogen) atoms. The maximum Gasteiger partial charge on any atom is 0.420 e. The summed E-state index contributed by atoms with van der Waals surface area (Å²) in [6, 6.07) is 7.42. The molecule has 2 unspecified atom stereocenters. The summed E-state index contributed by atoms with van der Waals surface area (Å²) in [6.45, 7) is 8.07. The van der Waals surface area contributed by atoms with E-state index >= 15 is 22.0 Å². The third-order valence-corrected chi connectivity index (χ3v) is 11.1. The summed E-state index contributed by atoms with van der Waals surface area (Å²) in [5.74, 6) is -2.69. The van der Waals surface area contributed by atoms with Gasteiger partial charge in [-0.15, -0.1) is 11.3 Å². The van der Waals surface area contributed by atoms with Crippen molar-refractivity contribution in [2.24, 2.45) is 0 Å². The topological polar surface area (TPSA) is 135 Å². The van der Waals surface area contributed by atoms with Crippen molar-refractivity contribution in [3.63, 3.8) is 0 Å². The van der Waals surface area contributed by atoms with Crippen LogP contribution in [0.1, 0.15) is 56.7 Å². The number of anilines is 3. The summed E-state index contributed by atoms with van der Waals surface area (Å²) in [5.41, 5.74) is 3.26. The van der Waals surface area contributed by atoms with Crippen molar-refractivity contribution in [1.82, 2.24) is 19.9 Å². The maximum absolute atomic E-state index is 16.9. The number of nitrogens with one attached hydrogen (secondary N) is 1. The number of pyridine rings is 1. The lowest BCUT2D eigenvalue weighted by molar-refractivity contribution is -0.138. The molecular formula is C40H44F6N8O3S. The van der Waals surface area contributed by atoms with Gasteiger partial charge in [0.1, 0.15) is 58.1 Å². The molecule has 8 rings (SSSR count). The van der Waals surface area contributed by atoms with Gasteiger partial charge in [0.05, 0.1) is 29.3 Å². The van der Waals surface area contributed by atoms with Crippen molar-refractivity contribution in [2.45, 2.75) is 71.0 Å². The van der Waals surface area contributed by atoms with E-state index in [1.165, 1.54) is 26.1 Å². The number of aromatic nitrogens is 3. The summed E-state index contributed by atoms with van der Waals surface area (Å²) < 4.78 is 106. The molecule has 2 aromatic carbocycles. The number of nitrogens with two attached hydrogens (primary N) is 1. The molecule has 2 fully saturated rings. The molecule has 0 amide bonds. The number of fused-ring (bicyclic) bond motifs is 2. The van der Waals surface area contributed by atoms with Gasteiger partial charge in [-0.25, -0.2) is 18.2 Å². The molecule has 0 aliphatic carbocycles. The summed E-state index contributed by atoms with van der Waals surface area (Å²) in [4.78, 5) is 16.4. The molecule has 3 N–H and O–H groups in total. The minimum Gasteiger partial charge on any atom is -0.490 e. The minimum absolute atomic E-state index is 0.0423. The Labute approximate surface area is 335 Å². The molecule has 0 bridgehead atoms. The number of ether oxygens (including phenoxy) is 3. The van der Waals surface area contributed by atoms with Crippen molar-refractivity contribution in [1.29, 1.82) is 5.26 Å². The van der Waals surface area contributed by atoms with Crippen LogP contribution in [0.25, 0.3) is 32.1 Å². The van der Waals surface area contributed by atoms with Crippen LogP contribution in [-0.2, 0) is 17.5 Å². The molecule has 2 saturated heterocycles. The van der Waals surface area contributed by atoms with Gasteiger partial charge >= 0.3 is 12.2 Å². The molecule has 3 aliphatic heterocycles. The second kappa shape index (κ2) is 17.8. The van der Waals surface area contributed by atoms with Gasteiger partial charge in [-0.05, 0) is 64.3 Å². The highest BCUT2D eigenvalue weighted by atomic mass is 32.1. The Bertz CT molecular complexity index is 2300. The predicted octanol–water partition coefficient (Wildman–Crippen LogP) is 8.73. The fraction of sp³-hybridized carbons (Fsp3) is 0.450. The Morgan fingerprint density at radius 2 is 1.90 bits per heavy atom. The number of nitrogens with zero attached hydrogens (tertiary/aromatic N) is 6. The Kier molecular flexibility index (Phi) is 13.0. The van der Waals surface area contributed by atoms with Gasteiger partial charge < -0.3 is 30.2 Å². The summed E-state index contributed by atoms with van der Waals surface area (Å²) in [6.07, 6.45) is -0.854. The number of thiophene rings is 1. The number of alkyl halides is 4. The largest absolute Gasteiger partial charge is 0.490 e. The van der Waals surface area contributed by atoms with Crippen LogP contribution in [0.3, 0.4) is 0 Å². The van der Waals surface area contributed by atoms with Crippen LogP contribution in [0.15, 0.2) is 30.5 Å². The number of rotatable bonds is 7. The quantitative estimate of drug-likeness (QED) is 0.153. The Morgan fingerprint density at radius 3 is 2.53 bits per heavy atom. The normalized spacial score (nSPS) is 17.5. The molecular weight excluding hydrogens is 787 g/mol. The molecule has 2 atom stereocenters. The monoisotopic (exact) mass is 830 g/mol. The lowest BCUT2D eigenvalue weighted by atomic mass is 9.91. The summed E-state index contributed by atoms with van der Waals surface area (Å²) >= 11 is 0.859. The van der Waals surface area contributed by atoms with Gasteiger partial charge in [0, 0.05) is 61.6 Å². The first-order valence-corrected chi connectivity index (χ1v) is 19.6. The first kappa shape index (κ1) is 42.5. The molecule has 3 aliphatic rings. The second-order valence-electron chi connectivity index (χ2n) is 14.2. The Morgan fingerprint density at radius 1 is 1.14 bits per heavy atom. The zero-order valence-electron chi connectivity index (χ0n) is 32.6. The minimum atomic E-state index is -5.16. The van der Waals surface area contributed by atoms with Crippen LogP contribution in [0.4, 0.5) is 43.0 Å². The molecule has 11 nitrogen and oxygen atoms in total. The van der Waals surface area contributed by atoms with Crippen LogP contribution in [0.5, 0.6) is 11.8 Å². The number of methoxy groups -OCH3 is 2. The van der Waals surface area contributed by atoms with Crippen LogP contribution in [-0.4, -0.2) is 85.2 Å². The van der Waals surface area contributed by atoms with Crippen molar-refractivity contribution in [3.05, 3.63) is 58.8 Å². The van der Waals surface area contributed by atoms with E-state index in [9.17, 15) is 9.65 Å². The van der Waals surface area contributed by atoms with Crippen molar-refractivity contribution >= 4 is 49.0 Å². The number of benzene rings is 2. The molecule has 5 aromatic rings. The predicted molar refractivity (Wildman–Crippen MR) is 212 cm³/mol. The van der Waals surface area contributed by atoms with E-state index in [2.05, 4.69) is 29.9 Å². The van der Waals surface area contributed by atoms with E-state index in [-0.39, 0.29) is 75.0 Å². The highest BCUT2D eigenvalue weighted by molar-refractivity contribution is 7.23. The van der Waals surface area contributed by atoms with E-state index in [1.54, 1.807) is 38.0 Å². The van der Waals surface area contributed by atoms with E-state index < -0.39 is 46.4 Å². The number of halogens is 6. The van der Waals surface area contributed by atoms with E-state index in [0.29, 0.717) is 18.2 Å². The smallest absolute Gasteiger partial charge is 0.420 e. The van der Waals surface area contributed by atoms with Crippen molar-refractivity contribution < 1.29 is 40.6 Å². The van der Waals surface area contributed by atoms with Gasteiger partial charge in [-0.2, -0.15) is 28.4 Å². The zero-order valence-corrected chi connectivity index (χ0v) is 33.5. The molecule has 6 heterocycles. The van der Waals surface area contributed by atoms with Crippen LogP contribution < -0.4 is 25.4 Å². The van der Waals surface area contributed by atoms with Crippen LogP contribution in [0.2, 0.25) is 0 Å². The van der Waals surface area contributed by atoms with Crippen molar-refractivity contribution in [3.8, 4) is 29.0 Å². The van der Waals surface area contributed by atoms with Gasteiger partial charge in [0.2, 0.25) is 0 Å². The molecule has 0 radical (unpaired) electrons. The number of nitrogen functional groups attached to an aromatic ring is 1. The highest BCUT2D eigenvalue weighted by Gasteiger charge is 2.44. The highest BCUT2D eigenvalue weighted by Crippen LogP contribution is 2.53. The number of nitriles is 1. The van der Waals surface area contributed by atoms with E-state index in [0.717, 1.165) is 43.0 Å². The van der Waals surface area contributed by atoms with Gasteiger partial charge in [-0.1, -0.05) is 12.1 Å². The van der Waals surface area contributed by atoms with E-state index in [1.807, 2.05) is 13.0 Å². The molecule has 3 aromatic heterocycles. The molecule has 310 valence electrons. The summed E-state index contributed by atoms with van der Waals surface area (Å²) in [7, 11) is 2.92. The first-order chi connectivity index (χ1) is 27.7. The van der Waals surface area contributed by atoms with Gasteiger partial charge in [0.15, 0.2) is 5.82 Å². The van der Waals surface area contributed by atoms with Crippen molar-refractivity contribution in [2.75, 3.05) is 63.0 Å². The van der Waals surface area contributed by atoms with Crippen LogP contribution >= 0.6 is 11.3 Å². The van der Waals surface area contributed by atoms with E-state index in [4.69, 9.17) is 15.2 Å². The van der Waals surface area contributed by atoms with Gasteiger partial charge in [0.25, 0.3) is 0 Å². The molecule has 0 saturated carbocycles. The average molecular weight is 831 g/mol.